The fourth-order valence-electron chi connectivity index (χ4n) is 4.47. The highest BCUT2D eigenvalue weighted by atomic mass is 16.6. The predicted octanol–water partition coefficient (Wildman–Crippen LogP) is 3.26. The predicted molar refractivity (Wildman–Crippen MR) is 102 cm³/mol. The molecule has 1 amide bonds. The molecule has 1 aromatic carbocycles. The Kier molecular flexibility index (Phi) is 5.97. The van der Waals surface area contributed by atoms with Gasteiger partial charge in [0.2, 0.25) is 0 Å². The normalized spacial score (nSPS) is 22.3. The van der Waals surface area contributed by atoms with Gasteiger partial charge in [0.25, 0.3) is 0 Å². The van der Waals surface area contributed by atoms with Crippen molar-refractivity contribution < 1.29 is 14.3 Å². The Hall–Kier alpha value is -1.88. The monoisotopic (exact) mass is 358 g/mol. The molecule has 2 aliphatic rings. The summed E-state index contributed by atoms with van der Waals surface area (Å²) in [6.07, 6.45) is 5.14. The molecule has 0 unspecified atom stereocenters. The van der Waals surface area contributed by atoms with Gasteiger partial charge >= 0.3 is 6.09 Å². The Morgan fingerprint density at radius 3 is 2.85 bits per heavy atom. The summed E-state index contributed by atoms with van der Waals surface area (Å²) in [5, 5.41) is 2.53. The molecule has 142 valence electrons. The van der Waals surface area contributed by atoms with Crippen LogP contribution in [0.3, 0.4) is 0 Å². The van der Waals surface area contributed by atoms with Crippen molar-refractivity contribution in [3.63, 3.8) is 0 Å². The van der Waals surface area contributed by atoms with Crippen LogP contribution in [0.2, 0.25) is 0 Å². The van der Waals surface area contributed by atoms with Gasteiger partial charge in [-0.2, -0.15) is 0 Å². The lowest BCUT2D eigenvalue weighted by Crippen LogP contribution is -2.49. The number of nitrogens with one attached hydrogen (secondary N) is 1. The first kappa shape index (κ1) is 18.9. The minimum atomic E-state index is -0.546. The van der Waals surface area contributed by atoms with E-state index in [0.29, 0.717) is 17.7 Å². The Bertz CT molecular complexity index is 684. The SMILES string of the molecule is CCCN1CCC[C@@H]2Cc3c(ccc(C)c3OC(=O)NCC(C)=O)C[C@H]21. The standard InChI is InChI=1S/C21H30N2O3/c1-4-9-23-10-5-6-17-11-18-16(12-19(17)23)8-7-14(2)20(18)26-21(25)22-13-15(3)24/h7-8,17,19H,4-6,9-13H2,1-3H3,(H,22,25)/t17-,19-/m1/s1. The second kappa shape index (κ2) is 8.21. The zero-order valence-electron chi connectivity index (χ0n) is 16.1. The number of carbonyl (C=O) groups is 2. The largest absolute Gasteiger partial charge is 0.412 e. The number of hydrogen-bond acceptors (Lipinski definition) is 4. The van der Waals surface area contributed by atoms with E-state index in [9.17, 15) is 9.59 Å². The van der Waals surface area contributed by atoms with E-state index in [1.165, 1.54) is 50.4 Å². The molecular weight excluding hydrogens is 328 g/mol. The summed E-state index contributed by atoms with van der Waals surface area (Å²) >= 11 is 0. The van der Waals surface area contributed by atoms with E-state index in [1.54, 1.807) is 0 Å². The number of nitrogens with zero attached hydrogens (tertiary/aromatic N) is 1. The average molecular weight is 358 g/mol. The third-order valence-corrected chi connectivity index (χ3v) is 5.67. The number of hydrogen-bond donors (Lipinski definition) is 1. The minimum absolute atomic E-state index is 0.00355. The maximum atomic E-state index is 12.1. The maximum absolute atomic E-state index is 12.1. The highest BCUT2D eigenvalue weighted by Crippen LogP contribution is 2.40. The Balaban J connectivity index is 1.81. The molecular formula is C21H30N2O3. The molecule has 1 aliphatic heterocycles. The van der Waals surface area contributed by atoms with Crippen LogP contribution in [-0.4, -0.2) is 42.5 Å². The lowest BCUT2D eigenvalue weighted by Gasteiger charge is -2.45. The number of amides is 1. The van der Waals surface area contributed by atoms with Crippen LogP contribution in [-0.2, 0) is 17.6 Å². The quantitative estimate of drug-likeness (QED) is 0.878. The number of ketones is 1. The second-order valence-electron chi connectivity index (χ2n) is 7.71. The summed E-state index contributed by atoms with van der Waals surface area (Å²) in [4.78, 5) is 25.8. The lowest BCUT2D eigenvalue weighted by atomic mass is 9.74. The van der Waals surface area contributed by atoms with Gasteiger partial charge in [-0.3, -0.25) is 9.69 Å². The van der Waals surface area contributed by atoms with Crippen LogP contribution in [0, 0.1) is 12.8 Å². The summed E-state index contributed by atoms with van der Waals surface area (Å²) < 4.78 is 5.63. The van der Waals surface area contributed by atoms with Gasteiger partial charge in [-0.25, -0.2) is 4.79 Å². The summed E-state index contributed by atoms with van der Waals surface area (Å²) in [6.45, 7) is 8.04. The fourth-order valence-corrected chi connectivity index (χ4v) is 4.47. The molecule has 1 saturated heterocycles. The molecule has 2 atom stereocenters. The number of likely N-dealkylation sites (tertiary alicyclic amines) is 1. The van der Waals surface area contributed by atoms with Crippen molar-refractivity contribution >= 4 is 11.9 Å². The molecule has 0 radical (unpaired) electrons. The average Bonchev–Trinajstić information content (AvgIpc) is 2.62. The Morgan fingerprint density at radius 2 is 2.12 bits per heavy atom. The molecule has 3 rings (SSSR count). The summed E-state index contributed by atoms with van der Waals surface area (Å²) in [6, 6.07) is 4.85. The number of carbonyl (C=O) groups excluding carboxylic acids is 2. The molecule has 1 N–H and O–H groups in total. The van der Waals surface area contributed by atoms with Crippen LogP contribution in [0.1, 0.15) is 49.8 Å². The number of benzene rings is 1. The van der Waals surface area contributed by atoms with Crippen LogP contribution in [0.4, 0.5) is 4.79 Å². The lowest BCUT2D eigenvalue weighted by molar-refractivity contribution is -0.116. The van der Waals surface area contributed by atoms with Crippen LogP contribution in [0.15, 0.2) is 12.1 Å². The summed E-state index contributed by atoms with van der Waals surface area (Å²) in [5.41, 5.74) is 3.46. The van der Waals surface area contributed by atoms with Gasteiger partial charge in [0.15, 0.2) is 0 Å². The van der Waals surface area contributed by atoms with Crippen molar-refractivity contribution in [2.24, 2.45) is 5.92 Å². The second-order valence-corrected chi connectivity index (χ2v) is 7.71. The van der Waals surface area contributed by atoms with Gasteiger partial charge in [0.1, 0.15) is 11.5 Å². The smallest absolute Gasteiger partial charge is 0.410 e. The van der Waals surface area contributed by atoms with E-state index in [1.807, 2.05) is 13.0 Å². The number of rotatable bonds is 5. The highest BCUT2D eigenvalue weighted by Gasteiger charge is 2.36. The summed E-state index contributed by atoms with van der Waals surface area (Å²) in [7, 11) is 0. The Labute approximate surface area is 156 Å². The number of aryl methyl sites for hydroxylation is 1. The molecule has 26 heavy (non-hydrogen) atoms. The van der Waals surface area contributed by atoms with Crippen molar-refractivity contribution in [3.05, 3.63) is 28.8 Å². The molecule has 0 aromatic heterocycles. The van der Waals surface area contributed by atoms with Gasteiger partial charge in [0, 0.05) is 6.04 Å². The van der Waals surface area contributed by atoms with Crippen LogP contribution < -0.4 is 10.1 Å². The van der Waals surface area contributed by atoms with Crippen molar-refractivity contribution in [1.82, 2.24) is 10.2 Å². The van der Waals surface area contributed by atoms with Crippen LogP contribution in [0.5, 0.6) is 5.75 Å². The molecule has 1 fully saturated rings. The number of ether oxygens (including phenoxy) is 1. The van der Waals surface area contributed by atoms with Gasteiger partial charge in [-0.05, 0) is 81.6 Å². The maximum Gasteiger partial charge on any atom is 0.412 e. The Morgan fingerprint density at radius 1 is 1.31 bits per heavy atom. The van der Waals surface area contributed by atoms with Gasteiger partial charge < -0.3 is 10.1 Å². The molecule has 5 nitrogen and oxygen atoms in total. The first-order chi connectivity index (χ1) is 12.5. The van der Waals surface area contributed by atoms with E-state index in [0.717, 1.165) is 18.4 Å². The molecule has 0 saturated carbocycles. The molecule has 1 aliphatic carbocycles. The van der Waals surface area contributed by atoms with Gasteiger partial charge in [-0.15, -0.1) is 0 Å². The molecule has 0 bridgehead atoms. The number of Topliss-reactive ketones (excluding diaryl/α,β-unsaturated/α-hetero) is 1. The molecule has 0 spiro atoms. The van der Waals surface area contributed by atoms with E-state index in [2.05, 4.69) is 23.2 Å². The zero-order chi connectivity index (χ0) is 18.7. The molecule has 5 heteroatoms. The third-order valence-electron chi connectivity index (χ3n) is 5.67. The first-order valence-electron chi connectivity index (χ1n) is 9.80. The van der Waals surface area contributed by atoms with E-state index in [-0.39, 0.29) is 12.3 Å². The third kappa shape index (κ3) is 4.09. The van der Waals surface area contributed by atoms with E-state index in [4.69, 9.17) is 4.74 Å². The zero-order valence-corrected chi connectivity index (χ0v) is 16.1. The molecule has 1 aromatic rings. The van der Waals surface area contributed by atoms with Crippen LogP contribution >= 0.6 is 0 Å². The summed E-state index contributed by atoms with van der Waals surface area (Å²) in [5.74, 6) is 1.23. The fraction of sp³-hybridized carbons (Fsp3) is 0.619. The van der Waals surface area contributed by atoms with Crippen LogP contribution in [0.25, 0.3) is 0 Å². The molecule has 1 heterocycles. The van der Waals surface area contributed by atoms with Gasteiger partial charge in [0.05, 0.1) is 6.54 Å². The number of fused-ring (bicyclic) bond motifs is 2. The van der Waals surface area contributed by atoms with E-state index >= 15 is 0 Å². The topological polar surface area (TPSA) is 58.6 Å². The minimum Gasteiger partial charge on any atom is -0.410 e. The van der Waals surface area contributed by atoms with Gasteiger partial charge in [-0.1, -0.05) is 19.1 Å². The van der Waals surface area contributed by atoms with Crippen molar-refractivity contribution in [2.45, 2.75) is 58.9 Å². The van der Waals surface area contributed by atoms with E-state index < -0.39 is 6.09 Å². The van der Waals surface area contributed by atoms with Crippen molar-refractivity contribution in [3.8, 4) is 5.75 Å². The van der Waals surface area contributed by atoms with Crippen molar-refractivity contribution in [1.29, 1.82) is 0 Å². The van der Waals surface area contributed by atoms with Crippen molar-refractivity contribution in [2.75, 3.05) is 19.6 Å². The first-order valence-corrected chi connectivity index (χ1v) is 9.80. The highest BCUT2D eigenvalue weighted by molar-refractivity contribution is 5.82. The number of piperidine rings is 1.